The number of rotatable bonds is 8. The minimum absolute atomic E-state index is 0.00351. The summed E-state index contributed by atoms with van der Waals surface area (Å²) in [7, 11) is -2.56. The molecule has 2 aromatic rings. The first-order chi connectivity index (χ1) is 12.8. The highest BCUT2D eigenvalue weighted by atomic mass is 28.4. The largest absolute Gasteiger partial charge is 0.404 e. The summed E-state index contributed by atoms with van der Waals surface area (Å²) in [5.41, 5.74) is 1.28. The van der Waals surface area contributed by atoms with Gasteiger partial charge in [0.1, 0.15) is 0 Å². The maximum Gasteiger partial charge on any atom is 0.261 e. The molecule has 3 heteroatoms. The predicted octanol–water partition coefficient (Wildman–Crippen LogP) is 4.67. The van der Waals surface area contributed by atoms with Gasteiger partial charge in [0.05, 0.1) is 6.10 Å². The van der Waals surface area contributed by atoms with Gasteiger partial charge in [0, 0.05) is 6.61 Å². The van der Waals surface area contributed by atoms with Gasteiger partial charge >= 0.3 is 0 Å². The Morgan fingerprint density at radius 3 is 1.81 bits per heavy atom. The SMILES string of the molecule is CC(C)=CC[C@@H](CCO)O[Si](c1ccccc1)(c1ccccc1)C(C)(C)C. The second-order valence-electron chi connectivity index (χ2n) is 8.43. The molecule has 0 fully saturated rings. The van der Waals surface area contributed by atoms with E-state index in [1.165, 1.54) is 15.9 Å². The van der Waals surface area contributed by atoms with E-state index in [-0.39, 0.29) is 17.7 Å². The van der Waals surface area contributed by atoms with Gasteiger partial charge in [-0.3, -0.25) is 0 Å². The summed E-state index contributed by atoms with van der Waals surface area (Å²) in [5.74, 6) is 0. The third-order valence-electron chi connectivity index (χ3n) is 5.00. The zero-order valence-electron chi connectivity index (χ0n) is 17.4. The van der Waals surface area contributed by atoms with Crippen molar-refractivity contribution in [2.45, 2.75) is 58.6 Å². The molecular weight excluding hydrogens is 348 g/mol. The number of aliphatic hydroxyl groups excluding tert-OH is 1. The zero-order chi connectivity index (χ0) is 19.9. The van der Waals surface area contributed by atoms with E-state index < -0.39 is 8.32 Å². The fourth-order valence-electron chi connectivity index (χ4n) is 3.68. The summed E-state index contributed by atoms with van der Waals surface area (Å²) in [6.07, 6.45) is 3.69. The summed E-state index contributed by atoms with van der Waals surface area (Å²) < 4.78 is 7.10. The number of hydrogen-bond acceptors (Lipinski definition) is 2. The molecule has 0 saturated carbocycles. The van der Waals surface area contributed by atoms with Crippen LogP contribution < -0.4 is 10.4 Å². The maximum absolute atomic E-state index is 9.66. The van der Waals surface area contributed by atoms with Crippen molar-refractivity contribution in [1.29, 1.82) is 0 Å². The molecule has 27 heavy (non-hydrogen) atoms. The van der Waals surface area contributed by atoms with Crippen LogP contribution in [-0.4, -0.2) is 26.1 Å². The number of allylic oxidation sites excluding steroid dienone is 1. The van der Waals surface area contributed by atoms with Crippen molar-refractivity contribution < 1.29 is 9.53 Å². The maximum atomic E-state index is 9.66. The molecule has 2 nitrogen and oxygen atoms in total. The van der Waals surface area contributed by atoms with E-state index in [0.29, 0.717) is 6.42 Å². The first kappa shape index (κ1) is 21.6. The van der Waals surface area contributed by atoms with Gasteiger partial charge in [0.15, 0.2) is 0 Å². The highest BCUT2D eigenvalue weighted by Gasteiger charge is 2.51. The fourth-order valence-corrected chi connectivity index (χ4v) is 8.41. The summed E-state index contributed by atoms with van der Waals surface area (Å²) >= 11 is 0. The molecule has 0 aliphatic heterocycles. The molecular formula is C24H34O2Si. The molecule has 0 amide bonds. The van der Waals surface area contributed by atoms with Crippen molar-refractivity contribution in [2.24, 2.45) is 0 Å². The van der Waals surface area contributed by atoms with Crippen molar-refractivity contribution in [3.05, 3.63) is 72.3 Å². The molecule has 0 radical (unpaired) electrons. The average Bonchev–Trinajstić information content (AvgIpc) is 2.64. The molecule has 1 N–H and O–H groups in total. The second kappa shape index (κ2) is 9.49. The molecule has 146 valence electrons. The van der Waals surface area contributed by atoms with Crippen LogP contribution in [-0.2, 0) is 4.43 Å². The normalized spacial score (nSPS) is 13.3. The third-order valence-corrected chi connectivity index (χ3v) is 10.1. The number of aliphatic hydroxyl groups is 1. The topological polar surface area (TPSA) is 29.5 Å². The van der Waals surface area contributed by atoms with E-state index in [9.17, 15) is 5.11 Å². The molecule has 0 unspecified atom stereocenters. The van der Waals surface area contributed by atoms with Crippen LogP contribution in [0.3, 0.4) is 0 Å². The van der Waals surface area contributed by atoms with Crippen molar-refractivity contribution in [3.63, 3.8) is 0 Å². The van der Waals surface area contributed by atoms with Gasteiger partial charge in [0.25, 0.3) is 8.32 Å². The van der Waals surface area contributed by atoms with Crippen LogP contribution in [0.1, 0.15) is 47.5 Å². The van der Waals surface area contributed by atoms with Crippen molar-refractivity contribution in [3.8, 4) is 0 Å². The Hall–Kier alpha value is -1.68. The molecule has 2 rings (SSSR count). The third kappa shape index (κ3) is 5.19. The van der Waals surface area contributed by atoms with Crippen LogP contribution in [0.15, 0.2) is 72.3 Å². The van der Waals surface area contributed by atoms with Crippen LogP contribution in [0.5, 0.6) is 0 Å². The van der Waals surface area contributed by atoms with E-state index in [1.807, 2.05) is 0 Å². The molecule has 0 spiro atoms. The van der Waals surface area contributed by atoms with Gasteiger partial charge in [0.2, 0.25) is 0 Å². The molecule has 0 heterocycles. The zero-order valence-corrected chi connectivity index (χ0v) is 18.4. The summed E-state index contributed by atoms with van der Waals surface area (Å²) in [6, 6.07) is 21.4. The lowest BCUT2D eigenvalue weighted by Gasteiger charge is -2.45. The Morgan fingerprint density at radius 2 is 1.44 bits per heavy atom. The molecule has 0 aliphatic carbocycles. The summed E-state index contributed by atoms with van der Waals surface area (Å²) in [6.45, 7) is 11.2. The van der Waals surface area contributed by atoms with Crippen LogP contribution in [0.25, 0.3) is 0 Å². The highest BCUT2D eigenvalue weighted by Crippen LogP contribution is 2.38. The van der Waals surface area contributed by atoms with Crippen molar-refractivity contribution in [2.75, 3.05) is 6.61 Å². The summed E-state index contributed by atoms with van der Waals surface area (Å²) in [5, 5.41) is 12.2. The van der Waals surface area contributed by atoms with Crippen LogP contribution >= 0.6 is 0 Å². The minimum Gasteiger partial charge on any atom is -0.404 e. The van der Waals surface area contributed by atoms with Gasteiger partial charge in [-0.25, -0.2) is 0 Å². The van der Waals surface area contributed by atoms with Gasteiger partial charge < -0.3 is 9.53 Å². The smallest absolute Gasteiger partial charge is 0.261 e. The van der Waals surface area contributed by atoms with E-state index in [2.05, 4.69) is 101 Å². The Kier molecular flexibility index (Phi) is 7.60. The van der Waals surface area contributed by atoms with Gasteiger partial charge in [-0.2, -0.15) is 0 Å². The Bertz CT molecular complexity index is 674. The Morgan fingerprint density at radius 1 is 0.963 bits per heavy atom. The number of benzene rings is 2. The highest BCUT2D eigenvalue weighted by molar-refractivity contribution is 6.99. The first-order valence-corrected chi connectivity index (χ1v) is 11.7. The van der Waals surface area contributed by atoms with Crippen molar-refractivity contribution in [1.82, 2.24) is 0 Å². The predicted molar refractivity (Wildman–Crippen MR) is 118 cm³/mol. The second-order valence-corrected chi connectivity index (χ2v) is 12.7. The van der Waals surface area contributed by atoms with Gasteiger partial charge in [-0.05, 0) is 42.1 Å². The lowest BCUT2D eigenvalue weighted by molar-refractivity contribution is 0.146. The molecule has 2 aromatic carbocycles. The lowest BCUT2D eigenvalue weighted by atomic mass is 10.1. The van der Waals surface area contributed by atoms with Crippen LogP contribution in [0, 0.1) is 0 Å². The molecule has 1 atom stereocenters. The van der Waals surface area contributed by atoms with Crippen molar-refractivity contribution >= 4 is 18.7 Å². The molecule has 0 bridgehead atoms. The standard InChI is InChI=1S/C24H34O2Si/c1-20(2)16-17-21(18-19-25)26-27(24(3,4)5,22-12-8-6-9-13-22)23-14-10-7-11-15-23/h6-16,21,25H,17-19H2,1-5H3/t21-/m0/s1. The first-order valence-electron chi connectivity index (χ1n) is 9.84. The fraction of sp³-hybridized carbons (Fsp3) is 0.417. The number of hydrogen-bond donors (Lipinski definition) is 1. The lowest BCUT2D eigenvalue weighted by Crippen LogP contribution is -2.67. The summed E-state index contributed by atoms with van der Waals surface area (Å²) in [4.78, 5) is 0. The van der Waals surface area contributed by atoms with Gasteiger partial charge in [-0.15, -0.1) is 0 Å². The Labute approximate surface area is 166 Å². The van der Waals surface area contributed by atoms with E-state index >= 15 is 0 Å². The monoisotopic (exact) mass is 382 g/mol. The molecule has 0 aliphatic rings. The minimum atomic E-state index is -2.56. The quantitative estimate of drug-likeness (QED) is 0.531. The van der Waals surface area contributed by atoms with E-state index in [0.717, 1.165) is 6.42 Å². The molecule has 0 saturated heterocycles. The van der Waals surface area contributed by atoms with E-state index in [4.69, 9.17) is 4.43 Å². The van der Waals surface area contributed by atoms with Crippen LogP contribution in [0.2, 0.25) is 5.04 Å². The van der Waals surface area contributed by atoms with Crippen LogP contribution in [0.4, 0.5) is 0 Å². The van der Waals surface area contributed by atoms with Gasteiger partial charge in [-0.1, -0.05) is 93.1 Å². The molecule has 0 aromatic heterocycles. The Balaban J connectivity index is 2.62. The average molecular weight is 383 g/mol. The van der Waals surface area contributed by atoms with E-state index in [1.54, 1.807) is 0 Å².